The predicted molar refractivity (Wildman–Crippen MR) is 79.5 cm³/mol. The fraction of sp³-hybridized carbons (Fsp3) is 0.438. The summed E-state index contributed by atoms with van der Waals surface area (Å²) in [7, 11) is 0. The van der Waals surface area contributed by atoms with Gasteiger partial charge < -0.3 is 4.74 Å². The Balaban J connectivity index is 1.58. The summed E-state index contributed by atoms with van der Waals surface area (Å²) < 4.78 is 7.00. The highest BCUT2D eigenvalue weighted by atomic mass is 16.5. The third-order valence-corrected chi connectivity index (χ3v) is 4.08. The fourth-order valence-electron chi connectivity index (χ4n) is 2.64. The highest BCUT2D eigenvalue weighted by molar-refractivity contribution is 5.76. The molecule has 0 radical (unpaired) electrons. The molecule has 0 bridgehead atoms. The van der Waals surface area contributed by atoms with E-state index in [0.717, 1.165) is 23.9 Å². The average molecular weight is 285 g/mol. The van der Waals surface area contributed by atoms with Gasteiger partial charge in [-0.2, -0.15) is 0 Å². The second kappa shape index (κ2) is 6.08. The van der Waals surface area contributed by atoms with Gasteiger partial charge >= 0.3 is 5.97 Å². The monoisotopic (exact) mass is 285 g/mol. The number of esters is 1. The van der Waals surface area contributed by atoms with Crippen molar-refractivity contribution in [3.63, 3.8) is 0 Å². The lowest BCUT2D eigenvalue weighted by Gasteiger charge is -2.24. The molecule has 1 aliphatic rings. The summed E-state index contributed by atoms with van der Waals surface area (Å²) in [6.45, 7) is 2.79. The summed E-state index contributed by atoms with van der Waals surface area (Å²) in [6.07, 6.45) is 6.42. The number of nitrogens with zero attached hydrogens (tertiary/aromatic N) is 3. The van der Waals surface area contributed by atoms with Gasteiger partial charge in [0.1, 0.15) is 12.1 Å². The maximum absolute atomic E-state index is 12.0. The molecule has 0 N–H and O–H groups in total. The molecular weight excluding hydrogens is 266 g/mol. The molecule has 5 heteroatoms. The molecule has 5 nitrogen and oxygen atoms in total. The standard InChI is InChI=1S/C16H19N3O2/c1-12-6-2-3-7-13(12)11-21-16(20)10-19-15-9-5-4-8-14(15)17-18-19/h2-5,8-9,12-13H,6-7,10-11H2,1H3. The van der Waals surface area contributed by atoms with E-state index in [9.17, 15) is 4.79 Å². The van der Waals surface area contributed by atoms with Gasteiger partial charge in [0, 0.05) is 0 Å². The van der Waals surface area contributed by atoms with Crippen LogP contribution in [0.25, 0.3) is 11.0 Å². The molecule has 0 fully saturated rings. The van der Waals surface area contributed by atoms with Crippen LogP contribution in [0.15, 0.2) is 36.4 Å². The van der Waals surface area contributed by atoms with Gasteiger partial charge in [-0.3, -0.25) is 4.79 Å². The van der Waals surface area contributed by atoms with Gasteiger partial charge in [0.2, 0.25) is 0 Å². The molecule has 3 rings (SSSR count). The second-order valence-electron chi connectivity index (χ2n) is 5.60. The minimum atomic E-state index is -0.257. The summed E-state index contributed by atoms with van der Waals surface area (Å²) in [5.41, 5.74) is 1.64. The van der Waals surface area contributed by atoms with Crippen molar-refractivity contribution in [2.24, 2.45) is 11.8 Å². The van der Waals surface area contributed by atoms with Gasteiger partial charge in [-0.05, 0) is 36.8 Å². The van der Waals surface area contributed by atoms with E-state index in [0.29, 0.717) is 18.4 Å². The first-order valence-corrected chi connectivity index (χ1v) is 7.33. The predicted octanol–water partition coefficient (Wildman–Crippen LogP) is 2.58. The van der Waals surface area contributed by atoms with Crippen molar-refractivity contribution in [2.45, 2.75) is 26.3 Å². The van der Waals surface area contributed by atoms with Gasteiger partial charge in [0.25, 0.3) is 0 Å². The number of aromatic nitrogens is 3. The van der Waals surface area contributed by atoms with E-state index in [1.807, 2.05) is 24.3 Å². The smallest absolute Gasteiger partial charge is 0.327 e. The van der Waals surface area contributed by atoms with E-state index in [2.05, 4.69) is 29.4 Å². The number of ether oxygens (including phenoxy) is 1. The number of benzene rings is 1. The minimum absolute atomic E-state index is 0.109. The Kier molecular flexibility index (Phi) is 3.99. The summed E-state index contributed by atoms with van der Waals surface area (Å²) in [4.78, 5) is 12.0. The van der Waals surface area contributed by atoms with Crippen molar-refractivity contribution in [2.75, 3.05) is 6.61 Å². The number of allylic oxidation sites excluding steroid dienone is 2. The molecule has 0 saturated carbocycles. The molecule has 21 heavy (non-hydrogen) atoms. The van der Waals surface area contributed by atoms with Gasteiger partial charge in [-0.1, -0.05) is 36.4 Å². The van der Waals surface area contributed by atoms with Crippen LogP contribution in [0.4, 0.5) is 0 Å². The average Bonchev–Trinajstić information content (AvgIpc) is 2.90. The lowest BCUT2D eigenvalue weighted by molar-refractivity contribution is -0.146. The number of fused-ring (bicyclic) bond motifs is 1. The molecule has 2 unspecified atom stereocenters. The molecule has 1 aromatic carbocycles. The summed E-state index contributed by atoms with van der Waals surface area (Å²) in [6, 6.07) is 7.58. The molecule has 0 amide bonds. The third-order valence-electron chi connectivity index (χ3n) is 4.08. The Labute approximate surface area is 123 Å². The molecule has 2 aromatic rings. The van der Waals surface area contributed by atoms with Crippen LogP contribution >= 0.6 is 0 Å². The van der Waals surface area contributed by atoms with Crippen molar-refractivity contribution in [3.05, 3.63) is 36.4 Å². The van der Waals surface area contributed by atoms with Gasteiger partial charge in [0.05, 0.1) is 12.1 Å². The maximum Gasteiger partial charge on any atom is 0.327 e. The molecule has 0 saturated heterocycles. The molecule has 2 atom stereocenters. The van der Waals surface area contributed by atoms with Crippen molar-refractivity contribution in [1.82, 2.24) is 15.0 Å². The molecule has 1 heterocycles. The van der Waals surface area contributed by atoms with Crippen LogP contribution in [0.2, 0.25) is 0 Å². The number of hydrogen-bond donors (Lipinski definition) is 0. The maximum atomic E-state index is 12.0. The Hall–Kier alpha value is -2.17. The summed E-state index contributed by atoms with van der Waals surface area (Å²) >= 11 is 0. The van der Waals surface area contributed by atoms with Crippen LogP contribution in [-0.4, -0.2) is 27.6 Å². The Morgan fingerprint density at radius 3 is 3.00 bits per heavy atom. The Bertz CT molecular complexity index is 662. The van der Waals surface area contributed by atoms with E-state index >= 15 is 0 Å². The number of para-hydroxylation sites is 1. The minimum Gasteiger partial charge on any atom is -0.464 e. The van der Waals surface area contributed by atoms with Crippen LogP contribution in [0.1, 0.15) is 19.8 Å². The lowest BCUT2D eigenvalue weighted by atomic mass is 9.85. The number of hydrogen-bond acceptors (Lipinski definition) is 4. The lowest BCUT2D eigenvalue weighted by Crippen LogP contribution is -2.23. The van der Waals surface area contributed by atoms with Gasteiger partial charge in [0.15, 0.2) is 0 Å². The van der Waals surface area contributed by atoms with Crippen LogP contribution in [0.5, 0.6) is 0 Å². The molecule has 1 aliphatic carbocycles. The fourth-order valence-corrected chi connectivity index (χ4v) is 2.64. The number of rotatable bonds is 4. The highest BCUT2D eigenvalue weighted by Gasteiger charge is 2.20. The van der Waals surface area contributed by atoms with E-state index in [1.54, 1.807) is 4.68 Å². The summed E-state index contributed by atoms with van der Waals surface area (Å²) in [5, 5.41) is 8.03. The highest BCUT2D eigenvalue weighted by Crippen LogP contribution is 2.25. The van der Waals surface area contributed by atoms with Crippen LogP contribution < -0.4 is 0 Å². The number of carbonyl (C=O) groups excluding carboxylic acids is 1. The second-order valence-corrected chi connectivity index (χ2v) is 5.60. The van der Waals surface area contributed by atoms with E-state index in [1.165, 1.54) is 0 Å². The molecule has 0 aliphatic heterocycles. The van der Waals surface area contributed by atoms with Crippen LogP contribution in [0.3, 0.4) is 0 Å². The van der Waals surface area contributed by atoms with Crippen molar-refractivity contribution in [1.29, 1.82) is 0 Å². The molecule has 110 valence electrons. The van der Waals surface area contributed by atoms with E-state index < -0.39 is 0 Å². The third kappa shape index (κ3) is 3.12. The SMILES string of the molecule is CC1CC=CCC1COC(=O)Cn1nnc2ccccc21. The molecule has 1 aromatic heterocycles. The first-order valence-electron chi connectivity index (χ1n) is 7.33. The van der Waals surface area contributed by atoms with Crippen LogP contribution in [-0.2, 0) is 16.1 Å². The number of carbonyl (C=O) groups is 1. The first kappa shape index (κ1) is 13.8. The Morgan fingerprint density at radius 2 is 2.14 bits per heavy atom. The zero-order valence-corrected chi connectivity index (χ0v) is 12.1. The zero-order valence-electron chi connectivity index (χ0n) is 12.1. The molecule has 0 spiro atoms. The topological polar surface area (TPSA) is 57.0 Å². The normalized spacial score (nSPS) is 21.6. The first-order chi connectivity index (χ1) is 10.2. The van der Waals surface area contributed by atoms with E-state index in [4.69, 9.17) is 4.74 Å². The van der Waals surface area contributed by atoms with Crippen LogP contribution in [0, 0.1) is 11.8 Å². The largest absolute Gasteiger partial charge is 0.464 e. The van der Waals surface area contributed by atoms with E-state index in [-0.39, 0.29) is 12.5 Å². The Morgan fingerprint density at radius 1 is 1.33 bits per heavy atom. The van der Waals surface area contributed by atoms with Gasteiger partial charge in [-0.25, -0.2) is 4.68 Å². The molecular formula is C16H19N3O2. The van der Waals surface area contributed by atoms with Crippen molar-refractivity contribution in [3.8, 4) is 0 Å². The summed E-state index contributed by atoms with van der Waals surface area (Å²) in [5.74, 6) is 0.730. The zero-order chi connectivity index (χ0) is 14.7. The van der Waals surface area contributed by atoms with Crippen molar-refractivity contribution >= 4 is 17.0 Å². The van der Waals surface area contributed by atoms with Gasteiger partial charge in [-0.15, -0.1) is 5.10 Å². The van der Waals surface area contributed by atoms with Crippen molar-refractivity contribution < 1.29 is 9.53 Å². The quantitative estimate of drug-likeness (QED) is 0.640.